The van der Waals surface area contributed by atoms with Gasteiger partial charge in [-0.25, -0.2) is 25.9 Å². The zero-order valence-corrected chi connectivity index (χ0v) is 12.3. The molecule has 0 amide bonds. The van der Waals surface area contributed by atoms with Crippen LogP contribution in [0.4, 0.5) is 0 Å². The molecule has 102 valence electrons. The van der Waals surface area contributed by atoms with Crippen LogP contribution in [0.2, 0.25) is 0 Å². The summed E-state index contributed by atoms with van der Waals surface area (Å²) in [6.45, 7) is 1.13. The van der Waals surface area contributed by atoms with Gasteiger partial charge in [0.2, 0.25) is 20.0 Å². The molecule has 0 spiro atoms. The van der Waals surface area contributed by atoms with E-state index < -0.39 is 25.3 Å². The molecule has 0 rings (SSSR count). The van der Waals surface area contributed by atoms with Crippen molar-refractivity contribution in [2.75, 3.05) is 26.4 Å². The molecule has 0 aromatic rings. The van der Waals surface area contributed by atoms with Gasteiger partial charge in [0.1, 0.15) is 5.25 Å². The normalized spacial score (nSPS) is 14.8. The molecule has 0 bridgehead atoms. The van der Waals surface area contributed by atoms with Gasteiger partial charge in [-0.2, -0.15) is 0 Å². The zero-order chi connectivity index (χ0) is 13.9. The maximum absolute atomic E-state index is 11.5. The van der Waals surface area contributed by atoms with Crippen LogP contribution in [-0.4, -0.2) is 57.8 Å². The summed E-state index contributed by atoms with van der Waals surface area (Å²) in [5, 5.41) is -1.03. The molecule has 0 aliphatic rings. The standard InChI is InChI=1S/C7H17N3O4S3/c1-6(7(8)15)17(13,14)9-4-5-16(11,12)10(2)3/h6,9H,4-5H2,1-3H3,(H2,8,15). The number of nitrogens with two attached hydrogens (primary N) is 1. The molecule has 0 aromatic carbocycles. The molecule has 10 heteroatoms. The number of sulfonamides is 2. The minimum Gasteiger partial charge on any atom is -0.392 e. The molecular weight excluding hydrogens is 286 g/mol. The Labute approximate surface area is 107 Å². The van der Waals surface area contributed by atoms with Crippen molar-refractivity contribution in [1.82, 2.24) is 9.03 Å². The fourth-order valence-corrected chi connectivity index (χ4v) is 2.95. The smallest absolute Gasteiger partial charge is 0.220 e. The summed E-state index contributed by atoms with van der Waals surface area (Å²) in [5.74, 6) is -0.316. The Morgan fingerprint density at radius 3 is 2.18 bits per heavy atom. The number of hydrogen-bond donors (Lipinski definition) is 2. The second-order valence-electron chi connectivity index (χ2n) is 3.58. The van der Waals surface area contributed by atoms with Gasteiger partial charge in [-0.3, -0.25) is 0 Å². The first-order valence-corrected chi connectivity index (χ1v) is 8.25. The van der Waals surface area contributed by atoms with Crippen LogP contribution >= 0.6 is 12.2 Å². The van der Waals surface area contributed by atoms with E-state index in [2.05, 4.69) is 16.9 Å². The SMILES string of the molecule is CC(C(N)=S)S(=O)(=O)NCCS(=O)(=O)N(C)C. The Kier molecular flexibility index (Phi) is 5.94. The minimum atomic E-state index is -3.71. The van der Waals surface area contributed by atoms with Crippen molar-refractivity contribution in [2.24, 2.45) is 5.73 Å². The van der Waals surface area contributed by atoms with Gasteiger partial charge in [0.05, 0.1) is 10.7 Å². The number of nitrogens with one attached hydrogen (secondary N) is 1. The van der Waals surface area contributed by atoms with Gasteiger partial charge in [-0.05, 0) is 6.92 Å². The molecule has 0 radical (unpaired) electrons. The van der Waals surface area contributed by atoms with Crippen molar-refractivity contribution in [3.8, 4) is 0 Å². The van der Waals surface area contributed by atoms with Crippen molar-refractivity contribution in [3.63, 3.8) is 0 Å². The maximum atomic E-state index is 11.5. The predicted octanol–water partition coefficient (Wildman–Crippen LogP) is -1.53. The van der Waals surface area contributed by atoms with Gasteiger partial charge in [-0.1, -0.05) is 12.2 Å². The predicted molar refractivity (Wildman–Crippen MR) is 70.6 cm³/mol. The lowest BCUT2D eigenvalue weighted by Crippen LogP contribution is -2.42. The average molecular weight is 303 g/mol. The summed E-state index contributed by atoms with van der Waals surface area (Å²) in [6.07, 6.45) is 0. The molecule has 7 nitrogen and oxygen atoms in total. The average Bonchev–Trinajstić information content (AvgIpc) is 2.15. The van der Waals surface area contributed by atoms with Gasteiger partial charge in [0.15, 0.2) is 0 Å². The molecule has 0 aliphatic heterocycles. The topological polar surface area (TPSA) is 110 Å². The van der Waals surface area contributed by atoms with Gasteiger partial charge in [-0.15, -0.1) is 0 Å². The molecule has 3 N–H and O–H groups in total. The first-order valence-electron chi connectivity index (χ1n) is 4.68. The van der Waals surface area contributed by atoms with Crippen LogP contribution in [0.15, 0.2) is 0 Å². The monoisotopic (exact) mass is 303 g/mol. The van der Waals surface area contributed by atoms with E-state index >= 15 is 0 Å². The molecule has 17 heavy (non-hydrogen) atoms. The van der Waals surface area contributed by atoms with Gasteiger partial charge >= 0.3 is 0 Å². The highest BCUT2D eigenvalue weighted by atomic mass is 32.2. The third kappa shape index (κ3) is 5.25. The van der Waals surface area contributed by atoms with Crippen LogP contribution in [0.1, 0.15) is 6.92 Å². The number of hydrogen-bond acceptors (Lipinski definition) is 5. The van der Waals surface area contributed by atoms with Crippen molar-refractivity contribution < 1.29 is 16.8 Å². The van der Waals surface area contributed by atoms with Gasteiger partial charge < -0.3 is 5.73 Å². The quantitative estimate of drug-likeness (QED) is 0.552. The van der Waals surface area contributed by atoms with Crippen molar-refractivity contribution in [3.05, 3.63) is 0 Å². The first-order chi connectivity index (χ1) is 7.50. The minimum absolute atomic E-state index is 0.159. The lowest BCUT2D eigenvalue weighted by molar-refractivity contribution is 0.519. The van der Waals surface area contributed by atoms with E-state index in [1.807, 2.05) is 0 Å². The fourth-order valence-electron chi connectivity index (χ4n) is 0.773. The summed E-state index contributed by atoms with van der Waals surface area (Å²) < 4.78 is 49.0. The highest BCUT2D eigenvalue weighted by Crippen LogP contribution is 1.99. The summed E-state index contributed by atoms with van der Waals surface area (Å²) in [4.78, 5) is -0.159. The van der Waals surface area contributed by atoms with E-state index in [9.17, 15) is 16.8 Å². The molecular formula is C7H17N3O4S3. The number of rotatable bonds is 7. The summed E-state index contributed by atoms with van der Waals surface area (Å²) >= 11 is 4.56. The number of thiocarbonyl (C=S) groups is 1. The van der Waals surface area contributed by atoms with E-state index in [1.54, 1.807) is 0 Å². The molecule has 0 fully saturated rings. The van der Waals surface area contributed by atoms with Crippen LogP contribution in [0, 0.1) is 0 Å². The van der Waals surface area contributed by atoms with Crippen LogP contribution < -0.4 is 10.5 Å². The zero-order valence-electron chi connectivity index (χ0n) is 9.87. The molecule has 0 saturated heterocycles. The molecule has 0 aliphatic carbocycles. The van der Waals surface area contributed by atoms with E-state index in [0.29, 0.717) is 0 Å². The highest BCUT2D eigenvalue weighted by Gasteiger charge is 2.23. The molecule has 0 aromatic heterocycles. The van der Waals surface area contributed by atoms with Gasteiger partial charge in [0.25, 0.3) is 0 Å². The van der Waals surface area contributed by atoms with Crippen molar-refractivity contribution >= 4 is 37.3 Å². The summed E-state index contributed by atoms with van der Waals surface area (Å²) in [7, 11) is -4.38. The first kappa shape index (κ1) is 16.7. The molecule has 0 saturated carbocycles. The Morgan fingerprint density at radius 2 is 1.82 bits per heavy atom. The van der Waals surface area contributed by atoms with Crippen LogP contribution in [0.5, 0.6) is 0 Å². The second kappa shape index (κ2) is 6.05. The van der Waals surface area contributed by atoms with Crippen molar-refractivity contribution in [2.45, 2.75) is 12.2 Å². The molecule has 0 heterocycles. The molecule has 1 unspecified atom stereocenters. The summed E-state index contributed by atoms with van der Waals surface area (Å²) in [5.41, 5.74) is 5.21. The van der Waals surface area contributed by atoms with Crippen LogP contribution in [-0.2, 0) is 20.0 Å². The Balaban J connectivity index is 4.47. The van der Waals surface area contributed by atoms with Crippen molar-refractivity contribution in [1.29, 1.82) is 0 Å². The largest absolute Gasteiger partial charge is 0.392 e. The maximum Gasteiger partial charge on any atom is 0.220 e. The Bertz CT molecular complexity index is 469. The van der Waals surface area contributed by atoms with E-state index in [0.717, 1.165) is 4.31 Å². The van der Waals surface area contributed by atoms with E-state index in [-0.39, 0.29) is 17.3 Å². The van der Waals surface area contributed by atoms with Crippen LogP contribution in [0.25, 0.3) is 0 Å². The molecule has 1 atom stereocenters. The lowest BCUT2D eigenvalue weighted by atomic mass is 10.5. The van der Waals surface area contributed by atoms with E-state index in [1.165, 1.54) is 21.0 Å². The van der Waals surface area contributed by atoms with Gasteiger partial charge in [0, 0.05) is 20.6 Å². The third-order valence-electron chi connectivity index (χ3n) is 2.09. The Hall–Kier alpha value is -0.290. The lowest BCUT2D eigenvalue weighted by Gasteiger charge is -2.14. The number of nitrogens with zero attached hydrogens (tertiary/aromatic N) is 1. The van der Waals surface area contributed by atoms with Crippen LogP contribution in [0.3, 0.4) is 0 Å². The fraction of sp³-hybridized carbons (Fsp3) is 0.857. The van der Waals surface area contributed by atoms with E-state index in [4.69, 9.17) is 5.73 Å². The third-order valence-corrected chi connectivity index (χ3v) is 6.21. The second-order valence-corrected chi connectivity index (χ2v) is 8.44. The summed E-state index contributed by atoms with van der Waals surface area (Å²) in [6, 6.07) is 0. The highest BCUT2D eigenvalue weighted by molar-refractivity contribution is 7.93. The Morgan fingerprint density at radius 1 is 1.35 bits per heavy atom.